The lowest BCUT2D eigenvalue weighted by Gasteiger charge is -2.21. The number of carboxylic acids is 1. The molecule has 1 atom stereocenters. The number of benzene rings is 2. The number of aliphatic carboxylic acids is 1. The number of anilines is 1. The van der Waals surface area contributed by atoms with E-state index in [0.717, 1.165) is 36.8 Å². The van der Waals surface area contributed by atoms with Gasteiger partial charge in [-0.3, -0.25) is 10.1 Å². The van der Waals surface area contributed by atoms with Gasteiger partial charge in [-0.15, -0.1) is 11.3 Å². The zero-order valence-electron chi connectivity index (χ0n) is 22.3. The summed E-state index contributed by atoms with van der Waals surface area (Å²) in [7, 11) is 1.64. The van der Waals surface area contributed by atoms with E-state index in [9.17, 15) is 9.59 Å². The summed E-state index contributed by atoms with van der Waals surface area (Å²) >= 11 is 13.9. The molecule has 1 amide bonds. The highest BCUT2D eigenvalue weighted by Crippen LogP contribution is 2.40. The number of thiazole rings is 1. The van der Waals surface area contributed by atoms with Crippen molar-refractivity contribution in [1.29, 1.82) is 0 Å². The minimum atomic E-state index is -1.09. The predicted octanol–water partition coefficient (Wildman–Crippen LogP) is 8.52. The van der Waals surface area contributed by atoms with Crippen molar-refractivity contribution in [3.05, 3.63) is 68.0 Å². The Morgan fingerprint density at radius 2 is 1.90 bits per heavy atom. The summed E-state index contributed by atoms with van der Waals surface area (Å²) in [5, 5.41) is 14.5. The van der Waals surface area contributed by atoms with E-state index in [4.69, 9.17) is 37.8 Å². The number of carbonyl (C=O) groups is 2. The fraction of sp³-hybridized carbons (Fsp3) is 0.345. The Bertz CT molecular complexity index is 1330. The second kappa shape index (κ2) is 14.5. The average molecular weight is 592 g/mol. The number of nitrogens with one attached hydrogen (secondary N) is 1. The van der Waals surface area contributed by atoms with Gasteiger partial charge >= 0.3 is 5.97 Å². The highest BCUT2D eigenvalue weighted by Gasteiger charge is 2.21. The Labute approximate surface area is 242 Å². The van der Waals surface area contributed by atoms with Gasteiger partial charge in [0.2, 0.25) is 0 Å². The maximum absolute atomic E-state index is 13.0. The second-order valence-electron chi connectivity index (χ2n) is 8.91. The van der Waals surface area contributed by atoms with Gasteiger partial charge in [0, 0.05) is 39.8 Å². The number of hydrogen-bond acceptors (Lipinski definition) is 6. The van der Waals surface area contributed by atoms with Crippen LogP contribution < -0.4 is 10.1 Å². The number of halogens is 2. The smallest absolute Gasteiger partial charge is 0.331 e. The summed E-state index contributed by atoms with van der Waals surface area (Å²) in [6.07, 6.45) is 5.19. The molecule has 0 bridgehead atoms. The van der Waals surface area contributed by atoms with E-state index in [1.165, 1.54) is 36.5 Å². The maximum atomic E-state index is 13.0. The molecule has 0 saturated carbocycles. The molecule has 10 heteroatoms. The third-order valence-corrected chi connectivity index (χ3v) is 7.39. The third kappa shape index (κ3) is 7.82. The van der Waals surface area contributed by atoms with Gasteiger partial charge in [-0.1, -0.05) is 62.0 Å². The summed E-state index contributed by atoms with van der Waals surface area (Å²) in [5.74, 6) is -0.830. The molecule has 0 aliphatic heterocycles. The van der Waals surface area contributed by atoms with Crippen molar-refractivity contribution >= 4 is 57.6 Å². The van der Waals surface area contributed by atoms with Crippen molar-refractivity contribution in [2.45, 2.75) is 52.6 Å². The monoisotopic (exact) mass is 590 g/mol. The summed E-state index contributed by atoms with van der Waals surface area (Å²) in [6, 6.07) is 8.80. The molecule has 39 heavy (non-hydrogen) atoms. The predicted molar refractivity (Wildman–Crippen MR) is 158 cm³/mol. The van der Waals surface area contributed by atoms with E-state index in [1.54, 1.807) is 7.11 Å². The molecule has 0 saturated heterocycles. The number of aromatic nitrogens is 1. The molecule has 0 spiro atoms. The number of para-hydroxylation sites is 1. The topological polar surface area (TPSA) is 97.8 Å². The zero-order valence-corrected chi connectivity index (χ0v) is 24.7. The van der Waals surface area contributed by atoms with Crippen LogP contribution in [0.25, 0.3) is 17.3 Å². The van der Waals surface area contributed by atoms with Gasteiger partial charge in [-0.05, 0) is 44.0 Å². The molecule has 7 nitrogen and oxygen atoms in total. The van der Waals surface area contributed by atoms with Gasteiger partial charge < -0.3 is 14.6 Å². The van der Waals surface area contributed by atoms with E-state index in [1.807, 2.05) is 23.6 Å². The molecule has 3 aromatic rings. The normalized spacial score (nSPS) is 12.3. The van der Waals surface area contributed by atoms with E-state index >= 15 is 0 Å². The van der Waals surface area contributed by atoms with Crippen molar-refractivity contribution in [2.75, 3.05) is 19.0 Å². The summed E-state index contributed by atoms with van der Waals surface area (Å²) in [6.45, 7) is 6.39. The van der Waals surface area contributed by atoms with E-state index in [-0.39, 0.29) is 27.3 Å². The first-order chi connectivity index (χ1) is 18.7. The SMILES string of the molecule is CCCCO[C@@H](CCC)c1cccc(-c2csc(NC(=O)c3cc(Cl)c(/C=C(\C)C(=O)O)c(Cl)c3)n2)c1OC. The first-order valence-corrected chi connectivity index (χ1v) is 14.3. The number of hydrogen-bond donors (Lipinski definition) is 2. The summed E-state index contributed by atoms with van der Waals surface area (Å²) in [5.41, 5.74) is 3.07. The number of methoxy groups -OCH3 is 1. The number of rotatable bonds is 13. The lowest BCUT2D eigenvalue weighted by atomic mass is 9.99. The van der Waals surface area contributed by atoms with Crippen LogP contribution in [0, 0.1) is 0 Å². The van der Waals surface area contributed by atoms with Gasteiger partial charge in [-0.2, -0.15) is 0 Å². The molecule has 3 rings (SSSR count). The average Bonchev–Trinajstić information content (AvgIpc) is 3.37. The van der Waals surface area contributed by atoms with Gasteiger partial charge in [0.05, 0.1) is 29.0 Å². The van der Waals surface area contributed by atoms with E-state index in [0.29, 0.717) is 28.7 Å². The van der Waals surface area contributed by atoms with E-state index in [2.05, 4.69) is 24.1 Å². The second-order valence-corrected chi connectivity index (χ2v) is 10.6. The highest BCUT2D eigenvalue weighted by atomic mass is 35.5. The lowest BCUT2D eigenvalue weighted by Crippen LogP contribution is -2.12. The number of carboxylic acid groups (broad SMARTS) is 1. The maximum Gasteiger partial charge on any atom is 0.331 e. The standard InChI is InChI=1S/C29H32Cl2N2O5S/c1-5-7-12-38-25(9-6-2)20-11-8-10-19(26(20)37-4)24-16-39-29(32-24)33-27(34)18-14-22(30)21(23(31)15-18)13-17(3)28(35)36/h8,10-11,13-16,25H,5-7,9,12H2,1-4H3,(H,35,36)(H,32,33,34)/b17-13+/t25-/m0/s1. The van der Waals surface area contributed by atoms with Crippen LogP contribution in [0.5, 0.6) is 5.75 Å². The molecule has 0 radical (unpaired) electrons. The molecule has 1 aromatic heterocycles. The molecule has 0 fully saturated rings. The molecule has 208 valence electrons. The quantitative estimate of drug-likeness (QED) is 0.153. The number of nitrogens with zero attached hydrogens (tertiary/aromatic N) is 1. The van der Waals surface area contributed by atoms with Crippen LogP contribution in [0.3, 0.4) is 0 Å². The lowest BCUT2D eigenvalue weighted by molar-refractivity contribution is -0.132. The van der Waals surface area contributed by atoms with Crippen molar-refractivity contribution < 1.29 is 24.2 Å². The Morgan fingerprint density at radius 1 is 1.18 bits per heavy atom. The number of unbranched alkanes of at least 4 members (excludes halogenated alkanes) is 1. The Hall–Kier alpha value is -2.91. The van der Waals surface area contributed by atoms with Crippen LogP contribution in [0.15, 0.2) is 41.3 Å². The van der Waals surface area contributed by atoms with Crippen molar-refractivity contribution in [3.8, 4) is 17.0 Å². The molecular weight excluding hydrogens is 559 g/mol. The van der Waals surface area contributed by atoms with E-state index < -0.39 is 11.9 Å². The number of amides is 1. The van der Waals surface area contributed by atoms with Crippen LogP contribution in [0.1, 0.15) is 74.0 Å². The Balaban J connectivity index is 1.85. The molecular formula is C29H32Cl2N2O5S. The minimum absolute atomic E-state index is 0.0688. The third-order valence-electron chi connectivity index (χ3n) is 6.00. The highest BCUT2D eigenvalue weighted by molar-refractivity contribution is 7.14. The van der Waals surface area contributed by atoms with Crippen LogP contribution in [-0.4, -0.2) is 35.7 Å². The minimum Gasteiger partial charge on any atom is -0.496 e. The fourth-order valence-electron chi connectivity index (χ4n) is 3.95. The molecule has 2 N–H and O–H groups in total. The van der Waals surface area contributed by atoms with Crippen LogP contribution >= 0.6 is 34.5 Å². The van der Waals surface area contributed by atoms with Gasteiger partial charge in [-0.25, -0.2) is 9.78 Å². The number of ether oxygens (including phenoxy) is 2. The summed E-state index contributed by atoms with van der Waals surface area (Å²) < 4.78 is 12.0. The number of carbonyl (C=O) groups excluding carboxylic acids is 1. The molecule has 0 aliphatic carbocycles. The largest absolute Gasteiger partial charge is 0.496 e. The zero-order chi connectivity index (χ0) is 28.5. The molecule has 2 aromatic carbocycles. The molecule has 0 unspecified atom stereocenters. The fourth-order valence-corrected chi connectivity index (χ4v) is 5.26. The Kier molecular flexibility index (Phi) is 11.4. The Morgan fingerprint density at radius 3 is 2.51 bits per heavy atom. The van der Waals surface area contributed by atoms with Gasteiger partial charge in [0.15, 0.2) is 5.13 Å². The first-order valence-electron chi connectivity index (χ1n) is 12.7. The van der Waals surface area contributed by atoms with Crippen LogP contribution in [-0.2, 0) is 9.53 Å². The van der Waals surface area contributed by atoms with Crippen LogP contribution in [0.4, 0.5) is 5.13 Å². The molecule has 1 heterocycles. The molecule has 0 aliphatic rings. The van der Waals surface area contributed by atoms with Crippen LogP contribution in [0.2, 0.25) is 10.0 Å². The first kappa shape index (κ1) is 30.6. The van der Waals surface area contributed by atoms with Crippen molar-refractivity contribution in [2.24, 2.45) is 0 Å². The van der Waals surface area contributed by atoms with Crippen molar-refractivity contribution in [3.63, 3.8) is 0 Å². The van der Waals surface area contributed by atoms with Gasteiger partial charge in [0.25, 0.3) is 5.91 Å². The summed E-state index contributed by atoms with van der Waals surface area (Å²) in [4.78, 5) is 28.7. The van der Waals surface area contributed by atoms with Gasteiger partial charge in [0.1, 0.15) is 5.75 Å². The van der Waals surface area contributed by atoms with Crippen molar-refractivity contribution in [1.82, 2.24) is 4.98 Å².